The van der Waals surface area contributed by atoms with Gasteiger partial charge in [0.25, 0.3) is 0 Å². The van der Waals surface area contributed by atoms with E-state index in [1.165, 1.54) is 16.3 Å². The van der Waals surface area contributed by atoms with E-state index in [4.69, 9.17) is 9.40 Å². The van der Waals surface area contributed by atoms with Gasteiger partial charge in [-0.3, -0.25) is 9.88 Å². The zero-order valence-electron chi connectivity index (χ0n) is 17.2. The van der Waals surface area contributed by atoms with Gasteiger partial charge >= 0.3 is 0 Å². The zero-order chi connectivity index (χ0) is 20.5. The first-order valence-electron chi connectivity index (χ1n) is 10.1. The lowest BCUT2D eigenvalue weighted by Gasteiger charge is -2.16. The zero-order valence-corrected chi connectivity index (χ0v) is 17.2. The van der Waals surface area contributed by atoms with Gasteiger partial charge in [-0.25, -0.2) is 4.98 Å². The summed E-state index contributed by atoms with van der Waals surface area (Å²) in [4.78, 5) is 11.6. The number of aromatic nitrogens is 2. The molecule has 0 aliphatic heterocycles. The van der Waals surface area contributed by atoms with Crippen molar-refractivity contribution in [3.8, 4) is 11.5 Å². The molecule has 5 aromatic rings. The Hall–Kier alpha value is -3.50. The SMILES string of the molecule is Cc1oc(-c2cccc3ccccc23)nc1CN(C)Cc1ccnc2ccccc12. The fourth-order valence-electron chi connectivity index (χ4n) is 4.00. The van der Waals surface area contributed by atoms with Crippen LogP contribution in [0.4, 0.5) is 0 Å². The van der Waals surface area contributed by atoms with Crippen molar-refractivity contribution in [2.45, 2.75) is 20.0 Å². The Kier molecular flexibility index (Phi) is 4.77. The lowest BCUT2D eigenvalue weighted by molar-refractivity contribution is 0.314. The number of nitrogens with zero attached hydrogens (tertiary/aromatic N) is 3. The van der Waals surface area contributed by atoms with Crippen LogP contribution < -0.4 is 0 Å². The van der Waals surface area contributed by atoms with Crippen LogP contribution in [0.3, 0.4) is 0 Å². The van der Waals surface area contributed by atoms with Crippen LogP contribution in [0.15, 0.2) is 83.4 Å². The van der Waals surface area contributed by atoms with E-state index in [1.807, 2.05) is 19.2 Å². The highest BCUT2D eigenvalue weighted by atomic mass is 16.4. The summed E-state index contributed by atoms with van der Waals surface area (Å²) >= 11 is 0. The van der Waals surface area contributed by atoms with Crippen molar-refractivity contribution < 1.29 is 4.42 Å². The average molecular weight is 393 g/mol. The van der Waals surface area contributed by atoms with E-state index in [2.05, 4.69) is 83.7 Å². The second-order valence-corrected chi connectivity index (χ2v) is 7.71. The topological polar surface area (TPSA) is 42.2 Å². The predicted molar refractivity (Wildman–Crippen MR) is 121 cm³/mol. The summed E-state index contributed by atoms with van der Waals surface area (Å²) in [5, 5.41) is 3.54. The molecule has 0 saturated heterocycles. The van der Waals surface area contributed by atoms with Gasteiger partial charge in [-0.05, 0) is 48.5 Å². The number of aryl methyl sites for hydroxylation is 1. The van der Waals surface area contributed by atoms with Crippen molar-refractivity contribution in [3.63, 3.8) is 0 Å². The quantitative estimate of drug-likeness (QED) is 0.368. The van der Waals surface area contributed by atoms with Crippen LogP contribution in [0.5, 0.6) is 0 Å². The summed E-state index contributed by atoms with van der Waals surface area (Å²) in [6.45, 7) is 3.53. The molecule has 148 valence electrons. The van der Waals surface area contributed by atoms with Crippen LogP contribution in [0.2, 0.25) is 0 Å². The van der Waals surface area contributed by atoms with Gasteiger partial charge in [0.2, 0.25) is 5.89 Å². The Morgan fingerprint density at radius 1 is 0.833 bits per heavy atom. The first-order chi connectivity index (χ1) is 14.7. The molecule has 0 amide bonds. The number of hydrogen-bond donors (Lipinski definition) is 0. The molecule has 2 aromatic heterocycles. The van der Waals surface area contributed by atoms with Gasteiger partial charge in [0.1, 0.15) is 5.76 Å². The summed E-state index contributed by atoms with van der Waals surface area (Å²) in [7, 11) is 2.11. The lowest BCUT2D eigenvalue weighted by Crippen LogP contribution is -2.18. The summed E-state index contributed by atoms with van der Waals surface area (Å²) in [5.74, 6) is 1.55. The molecule has 0 spiro atoms. The Labute approximate surface area is 175 Å². The van der Waals surface area contributed by atoms with Crippen molar-refractivity contribution in [2.75, 3.05) is 7.05 Å². The first-order valence-corrected chi connectivity index (χ1v) is 10.1. The number of pyridine rings is 1. The standard InChI is InChI=1S/C26H23N3O/c1-18-25(17-29(2)16-20-14-15-27-24-13-6-5-11-22(20)24)28-26(30-18)23-12-7-9-19-8-3-4-10-21(19)23/h3-15H,16-17H2,1-2H3. The van der Waals surface area contributed by atoms with Gasteiger partial charge < -0.3 is 4.42 Å². The van der Waals surface area contributed by atoms with Crippen LogP contribution in [0.25, 0.3) is 33.1 Å². The van der Waals surface area contributed by atoms with Gasteiger partial charge in [-0.1, -0.05) is 54.6 Å². The van der Waals surface area contributed by atoms with Gasteiger partial charge in [0.05, 0.1) is 11.2 Å². The maximum absolute atomic E-state index is 6.08. The molecule has 0 fully saturated rings. The minimum atomic E-state index is 0.682. The minimum Gasteiger partial charge on any atom is -0.441 e. The Bertz CT molecular complexity index is 1330. The molecule has 2 heterocycles. The van der Waals surface area contributed by atoms with E-state index in [-0.39, 0.29) is 0 Å². The molecule has 4 nitrogen and oxygen atoms in total. The average Bonchev–Trinajstić information content (AvgIpc) is 3.13. The second-order valence-electron chi connectivity index (χ2n) is 7.71. The lowest BCUT2D eigenvalue weighted by atomic mass is 10.0. The Morgan fingerprint density at radius 3 is 2.50 bits per heavy atom. The molecule has 0 aliphatic carbocycles. The van der Waals surface area contributed by atoms with E-state index < -0.39 is 0 Å². The van der Waals surface area contributed by atoms with Crippen LogP contribution in [0.1, 0.15) is 17.0 Å². The Morgan fingerprint density at radius 2 is 1.60 bits per heavy atom. The van der Waals surface area contributed by atoms with Crippen LogP contribution in [0, 0.1) is 6.92 Å². The molecule has 0 radical (unpaired) electrons. The molecule has 0 saturated carbocycles. The van der Waals surface area contributed by atoms with Crippen molar-refractivity contribution >= 4 is 21.7 Å². The smallest absolute Gasteiger partial charge is 0.227 e. The molecule has 0 bridgehead atoms. The Balaban J connectivity index is 1.41. The molecule has 0 aliphatic rings. The highest BCUT2D eigenvalue weighted by molar-refractivity contribution is 5.94. The molecular formula is C26H23N3O. The van der Waals surface area contributed by atoms with Crippen molar-refractivity contribution in [1.82, 2.24) is 14.9 Å². The molecule has 0 atom stereocenters. The third-order valence-corrected chi connectivity index (χ3v) is 5.51. The van der Waals surface area contributed by atoms with Gasteiger partial charge in [-0.15, -0.1) is 0 Å². The number of benzene rings is 3. The summed E-state index contributed by atoms with van der Waals surface area (Å²) in [6.07, 6.45) is 1.88. The minimum absolute atomic E-state index is 0.682. The van der Waals surface area contributed by atoms with Gasteiger partial charge in [0.15, 0.2) is 0 Å². The van der Waals surface area contributed by atoms with E-state index >= 15 is 0 Å². The molecule has 30 heavy (non-hydrogen) atoms. The molecule has 0 N–H and O–H groups in total. The second kappa shape index (κ2) is 7.73. The summed E-state index contributed by atoms with van der Waals surface area (Å²) in [6, 6.07) is 24.9. The summed E-state index contributed by atoms with van der Waals surface area (Å²) < 4.78 is 6.08. The van der Waals surface area contributed by atoms with E-state index in [1.54, 1.807) is 0 Å². The van der Waals surface area contributed by atoms with Crippen molar-refractivity contribution in [2.24, 2.45) is 0 Å². The van der Waals surface area contributed by atoms with Crippen molar-refractivity contribution in [1.29, 1.82) is 0 Å². The molecular weight excluding hydrogens is 370 g/mol. The highest BCUT2D eigenvalue weighted by Crippen LogP contribution is 2.29. The van der Waals surface area contributed by atoms with Crippen LogP contribution in [-0.4, -0.2) is 21.9 Å². The van der Waals surface area contributed by atoms with E-state index in [0.29, 0.717) is 5.89 Å². The fourth-order valence-corrected chi connectivity index (χ4v) is 4.00. The molecule has 0 unspecified atom stereocenters. The van der Waals surface area contributed by atoms with Crippen LogP contribution in [-0.2, 0) is 13.1 Å². The maximum atomic E-state index is 6.08. The number of para-hydroxylation sites is 1. The number of hydrogen-bond acceptors (Lipinski definition) is 4. The largest absolute Gasteiger partial charge is 0.441 e. The predicted octanol–water partition coefficient (Wildman–Crippen LogP) is 5.98. The van der Waals surface area contributed by atoms with E-state index in [9.17, 15) is 0 Å². The highest BCUT2D eigenvalue weighted by Gasteiger charge is 2.15. The number of fused-ring (bicyclic) bond motifs is 2. The number of oxazole rings is 1. The summed E-state index contributed by atoms with van der Waals surface area (Å²) in [5.41, 5.74) is 4.29. The normalized spacial score (nSPS) is 11.6. The third-order valence-electron chi connectivity index (χ3n) is 5.51. The van der Waals surface area contributed by atoms with Crippen LogP contribution >= 0.6 is 0 Å². The number of rotatable bonds is 5. The van der Waals surface area contributed by atoms with Gasteiger partial charge in [-0.2, -0.15) is 0 Å². The van der Waals surface area contributed by atoms with E-state index in [0.717, 1.165) is 41.0 Å². The fraction of sp³-hybridized carbons (Fsp3) is 0.154. The first kappa shape index (κ1) is 18.5. The van der Waals surface area contributed by atoms with Crippen molar-refractivity contribution in [3.05, 3.63) is 96.0 Å². The van der Waals surface area contributed by atoms with Gasteiger partial charge in [0, 0.05) is 30.2 Å². The maximum Gasteiger partial charge on any atom is 0.227 e. The molecule has 4 heteroatoms. The monoisotopic (exact) mass is 393 g/mol. The molecule has 3 aromatic carbocycles. The molecule has 5 rings (SSSR count). The third kappa shape index (κ3) is 3.46.